The van der Waals surface area contributed by atoms with Crippen LogP contribution in [0.15, 0.2) is 18.2 Å². The van der Waals surface area contributed by atoms with Crippen molar-refractivity contribution in [2.45, 2.75) is 13.3 Å². The molecule has 0 radical (unpaired) electrons. The number of benzene rings is 1. The minimum Gasteiger partial charge on any atom is -0.482 e. The molecule has 0 amide bonds. The van der Waals surface area contributed by atoms with E-state index in [4.69, 9.17) is 21.1 Å². The molecule has 3 nitrogen and oxygen atoms in total. The minimum atomic E-state index is -0.519. The molecule has 2 atom stereocenters. The summed E-state index contributed by atoms with van der Waals surface area (Å²) in [6.45, 7) is 2.38. The van der Waals surface area contributed by atoms with E-state index in [1.807, 2.05) is 0 Å². The number of esters is 1. The molecule has 0 aromatic heterocycles. The highest BCUT2D eigenvalue weighted by Gasteiger charge is 2.33. The summed E-state index contributed by atoms with van der Waals surface area (Å²) in [6, 6.07) is 3.93. The van der Waals surface area contributed by atoms with E-state index in [2.05, 4.69) is 6.92 Å². The number of hydrogen-bond donors (Lipinski definition) is 0. The number of ether oxygens (including phenoxy) is 2. The molecule has 18 heavy (non-hydrogen) atoms. The van der Waals surface area contributed by atoms with Gasteiger partial charge in [-0.1, -0.05) is 18.5 Å². The van der Waals surface area contributed by atoms with Crippen LogP contribution < -0.4 is 4.74 Å². The second kappa shape index (κ2) is 5.57. The largest absolute Gasteiger partial charge is 0.482 e. The van der Waals surface area contributed by atoms with Crippen LogP contribution in [0.5, 0.6) is 5.75 Å². The van der Waals surface area contributed by atoms with Crippen LogP contribution in [0.25, 0.3) is 0 Å². The zero-order chi connectivity index (χ0) is 13.1. The van der Waals surface area contributed by atoms with E-state index in [1.165, 1.54) is 18.2 Å². The molecule has 0 aliphatic heterocycles. The van der Waals surface area contributed by atoms with Crippen LogP contribution in [-0.2, 0) is 9.53 Å². The van der Waals surface area contributed by atoms with Crippen molar-refractivity contribution < 1.29 is 18.7 Å². The van der Waals surface area contributed by atoms with Gasteiger partial charge in [0.1, 0.15) is 11.6 Å². The molecule has 1 saturated carbocycles. The van der Waals surface area contributed by atoms with Gasteiger partial charge in [0.25, 0.3) is 0 Å². The van der Waals surface area contributed by atoms with E-state index < -0.39 is 11.8 Å². The average Bonchev–Trinajstić information content (AvgIpc) is 3.04. The van der Waals surface area contributed by atoms with Gasteiger partial charge in [-0.05, 0) is 30.4 Å². The fourth-order valence-corrected chi connectivity index (χ4v) is 1.75. The summed E-state index contributed by atoms with van der Waals surface area (Å²) in [6.07, 6.45) is 1.11. The van der Waals surface area contributed by atoms with Gasteiger partial charge in [0.05, 0.1) is 11.6 Å². The van der Waals surface area contributed by atoms with Crippen molar-refractivity contribution in [3.05, 3.63) is 29.0 Å². The summed E-state index contributed by atoms with van der Waals surface area (Å²) >= 11 is 5.58. The molecule has 5 heteroatoms. The molecule has 0 N–H and O–H groups in total. The molecule has 1 fully saturated rings. The van der Waals surface area contributed by atoms with Crippen LogP contribution in [0.1, 0.15) is 13.3 Å². The second-order valence-electron chi connectivity index (χ2n) is 4.52. The highest BCUT2D eigenvalue weighted by atomic mass is 35.5. The van der Waals surface area contributed by atoms with Gasteiger partial charge in [0.15, 0.2) is 6.61 Å². The summed E-state index contributed by atoms with van der Waals surface area (Å²) in [5.74, 6) is 0.547. The Hall–Kier alpha value is -1.29. The first-order chi connectivity index (χ1) is 8.56. The lowest BCUT2D eigenvalue weighted by Crippen LogP contribution is -2.16. The molecular formula is C13H14ClFO3. The normalized spacial score (nSPS) is 21.5. The topological polar surface area (TPSA) is 35.5 Å². The first-order valence-electron chi connectivity index (χ1n) is 5.79. The van der Waals surface area contributed by atoms with Crippen molar-refractivity contribution >= 4 is 17.6 Å². The van der Waals surface area contributed by atoms with E-state index in [1.54, 1.807) is 0 Å². The van der Waals surface area contributed by atoms with Gasteiger partial charge >= 0.3 is 5.97 Å². The van der Waals surface area contributed by atoms with Gasteiger partial charge in [0, 0.05) is 6.07 Å². The fourth-order valence-electron chi connectivity index (χ4n) is 1.58. The summed E-state index contributed by atoms with van der Waals surface area (Å²) in [4.78, 5) is 11.4. The molecule has 1 aliphatic carbocycles. The van der Waals surface area contributed by atoms with Crippen LogP contribution in [0.3, 0.4) is 0 Å². The number of carbonyl (C=O) groups excluding carboxylic acids is 1. The third kappa shape index (κ3) is 3.60. The van der Waals surface area contributed by atoms with Crippen molar-refractivity contribution in [2.75, 3.05) is 13.2 Å². The molecule has 2 rings (SSSR count). The molecule has 0 spiro atoms. The van der Waals surface area contributed by atoms with Gasteiger partial charge in [-0.2, -0.15) is 0 Å². The summed E-state index contributed by atoms with van der Waals surface area (Å²) in [5, 5.41) is -0.0346. The zero-order valence-electron chi connectivity index (χ0n) is 9.99. The summed E-state index contributed by atoms with van der Waals surface area (Å²) in [7, 11) is 0. The molecular weight excluding hydrogens is 259 g/mol. The van der Waals surface area contributed by atoms with E-state index >= 15 is 0 Å². The SMILES string of the molecule is CC1CC1COC(=O)COc1ccc(F)c(Cl)c1. The third-order valence-electron chi connectivity index (χ3n) is 2.98. The van der Waals surface area contributed by atoms with Crippen LogP contribution in [0.2, 0.25) is 5.02 Å². The number of hydrogen-bond acceptors (Lipinski definition) is 3. The first-order valence-corrected chi connectivity index (χ1v) is 6.17. The van der Waals surface area contributed by atoms with E-state index in [-0.39, 0.29) is 11.6 Å². The van der Waals surface area contributed by atoms with Crippen molar-refractivity contribution in [3.8, 4) is 5.75 Å². The number of carbonyl (C=O) groups is 1. The van der Waals surface area contributed by atoms with Gasteiger partial charge in [-0.25, -0.2) is 9.18 Å². The standard InChI is InChI=1S/C13H14ClFO3/c1-8-4-9(8)6-18-13(16)7-17-10-2-3-12(15)11(14)5-10/h2-3,5,8-9H,4,6-7H2,1H3. The molecule has 0 saturated heterocycles. The van der Waals surface area contributed by atoms with E-state index in [0.717, 1.165) is 6.42 Å². The van der Waals surface area contributed by atoms with Gasteiger partial charge in [0.2, 0.25) is 0 Å². The van der Waals surface area contributed by atoms with Crippen molar-refractivity contribution in [2.24, 2.45) is 11.8 Å². The van der Waals surface area contributed by atoms with E-state index in [9.17, 15) is 9.18 Å². The number of halogens is 2. The van der Waals surface area contributed by atoms with Crippen LogP contribution in [0, 0.1) is 17.7 Å². The zero-order valence-corrected chi connectivity index (χ0v) is 10.7. The predicted octanol–water partition coefficient (Wildman–Crippen LogP) is 3.06. The van der Waals surface area contributed by atoms with Gasteiger partial charge in [-0.3, -0.25) is 0 Å². The Labute approximate surface area is 110 Å². The quantitative estimate of drug-likeness (QED) is 0.773. The maximum Gasteiger partial charge on any atom is 0.344 e. The highest BCUT2D eigenvalue weighted by molar-refractivity contribution is 6.30. The Morgan fingerprint density at radius 1 is 1.56 bits per heavy atom. The molecule has 98 valence electrons. The fraction of sp³-hybridized carbons (Fsp3) is 0.462. The van der Waals surface area contributed by atoms with Crippen LogP contribution in [0.4, 0.5) is 4.39 Å². The van der Waals surface area contributed by atoms with Crippen molar-refractivity contribution in [1.29, 1.82) is 0 Å². The molecule has 0 heterocycles. The van der Waals surface area contributed by atoms with Crippen molar-refractivity contribution in [3.63, 3.8) is 0 Å². The smallest absolute Gasteiger partial charge is 0.344 e. The third-order valence-corrected chi connectivity index (χ3v) is 3.27. The molecule has 1 aliphatic rings. The van der Waals surface area contributed by atoms with E-state index in [0.29, 0.717) is 24.2 Å². The van der Waals surface area contributed by atoms with Crippen LogP contribution >= 0.6 is 11.6 Å². The average molecular weight is 273 g/mol. The monoisotopic (exact) mass is 272 g/mol. The minimum absolute atomic E-state index is 0.0346. The lowest BCUT2D eigenvalue weighted by atomic mass is 10.3. The maximum absolute atomic E-state index is 12.9. The Balaban J connectivity index is 1.73. The Morgan fingerprint density at radius 3 is 2.89 bits per heavy atom. The summed E-state index contributed by atoms with van der Waals surface area (Å²) in [5.41, 5.74) is 0. The molecule has 2 unspecified atom stereocenters. The molecule has 1 aromatic rings. The maximum atomic E-state index is 12.9. The predicted molar refractivity (Wildman–Crippen MR) is 65.1 cm³/mol. The van der Waals surface area contributed by atoms with Crippen LogP contribution in [-0.4, -0.2) is 19.2 Å². The lowest BCUT2D eigenvalue weighted by molar-refractivity contribution is -0.146. The van der Waals surface area contributed by atoms with Gasteiger partial charge in [-0.15, -0.1) is 0 Å². The Morgan fingerprint density at radius 2 is 2.28 bits per heavy atom. The Kier molecular flexibility index (Phi) is 4.07. The van der Waals surface area contributed by atoms with Crippen molar-refractivity contribution in [1.82, 2.24) is 0 Å². The Bertz CT molecular complexity index is 450. The molecule has 1 aromatic carbocycles. The number of rotatable bonds is 5. The first kappa shape index (κ1) is 13.1. The lowest BCUT2D eigenvalue weighted by Gasteiger charge is -2.07. The second-order valence-corrected chi connectivity index (χ2v) is 4.93. The summed E-state index contributed by atoms with van der Waals surface area (Å²) < 4.78 is 23.1. The highest BCUT2D eigenvalue weighted by Crippen LogP contribution is 2.37. The molecule has 0 bridgehead atoms. The van der Waals surface area contributed by atoms with Gasteiger partial charge < -0.3 is 9.47 Å².